The molecule has 1 radical (unpaired) electrons. The van der Waals surface area contributed by atoms with Gasteiger partial charge >= 0.3 is 0 Å². The van der Waals surface area contributed by atoms with Gasteiger partial charge in [-0.15, -0.1) is 6.07 Å². The minimum atomic E-state index is -1.38. The molecule has 53 heavy (non-hydrogen) atoms. The summed E-state index contributed by atoms with van der Waals surface area (Å²) < 4.78 is 4.35. The molecule has 0 fully saturated rings. The van der Waals surface area contributed by atoms with E-state index in [4.69, 9.17) is 9.97 Å². The van der Waals surface area contributed by atoms with E-state index in [1.165, 1.54) is 36.8 Å². The number of aromatic nitrogens is 4. The Balaban J connectivity index is 0.00000372. The Labute approximate surface area is 325 Å². The molecule has 0 aliphatic carbocycles. The summed E-state index contributed by atoms with van der Waals surface area (Å²) in [4.78, 5) is 18.3. The number of pyridine rings is 2. The maximum Gasteiger partial charge on any atom is 0.178 e. The summed E-state index contributed by atoms with van der Waals surface area (Å²) in [5.41, 5.74) is 9.01. The van der Waals surface area contributed by atoms with Crippen LogP contribution in [-0.4, -0.2) is 30.4 Å². The number of nitrogens with zero attached hydrogens (tertiary/aromatic N) is 6. The number of para-hydroxylation sites is 2. The van der Waals surface area contributed by atoms with Crippen molar-refractivity contribution in [1.82, 2.24) is 14.5 Å². The van der Waals surface area contributed by atoms with Crippen LogP contribution in [0, 0.1) is 0 Å². The van der Waals surface area contributed by atoms with E-state index in [1.54, 1.807) is 0 Å². The molecule has 1 unspecified atom stereocenters. The second-order valence-electron chi connectivity index (χ2n) is 13.5. The normalized spacial score (nSPS) is 14.4. The van der Waals surface area contributed by atoms with E-state index >= 15 is 0 Å². The van der Waals surface area contributed by atoms with E-state index in [0.29, 0.717) is 0 Å². The first-order chi connectivity index (χ1) is 25.5. The average Bonchev–Trinajstić information content (AvgIpc) is 3.75. The number of hydrogen-bond acceptors (Lipinski definition) is 5. The van der Waals surface area contributed by atoms with Gasteiger partial charge in [-0.2, -0.15) is 0 Å². The fourth-order valence-electron chi connectivity index (χ4n) is 8.10. The first kappa shape index (κ1) is 33.5. The molecule has 0 spiro atoms. The van der Waals surface area contributed by atoms with Crippen LogP contribution in [-0.2, 0) is 30.6 Å². The summed E-state index contributed by atoms with van der Waals surface area (Å²) in [5.74, 6) is 1.74. The summed E-state index contributed by atoms with van der Waals surface area (Å²) in [7, 11) is 4.94. The molecule has 4 aromatic heterocycles. The van der Waals surface area contributed by atoms with Gasteiger partial charge in [-0.1, -0.05) is 124 Å². The first-order valence-corrected chi connectivity index (χ1v) is 19.9. The van der Waals surface area contributed by atoms with Crippen LogP contribution in [0.5, 0.6) is 0 Å². The quantitative estimate of drug-likeness (QED) is 0.101. The molecular formula is C44H35N6NiSSi. The third-order valence-electron chi connectivity index (χ3n) is 10.5. The molecular weight excluding hydrogens is 731 g/mol. The van der Waals surface area contributed by atoms with Gasteiger partial charge in [0.25, 0.3) is 0 Å². The van der Waals surface area contributed by atoms with Crippen LogP contribution in [0.4, 0.5) is 28.7 Å². The molecule has 0 saturated heterocycles. The summed E-state index contributed by atoms with van der Waals surface area (Å²) in [6, 6.07) is 50.7. The van der Waals surface area contributed by atoms with E-state index in [-0.39, 0.29) is 22.0 Å². The van der Waals surface area contributed by atoms with Crippen LogP contribution >= 0.6 is 11.8 Å². The Morgan fingerprint density at radius 1 is 0.698 bits per heavy atom. The Hall–Kier alpha value is -5.34. The van der Waals surface area contributed by atoms with E-state index in [9.17, 15) is 0 Å². The van der Waals surface area contributed by atoms with Gasteiger partial charge < -0.3 is 14.0 Å². The van der Waals surface area contributed by atoms with E-state index in [2.05, 4.69) is 192 Å². The molecule has 8 aromatic rings. The SMILES string of the molecule is CN1c2ccccc2N(c2ccc3c(n2)C([Si](c2ccccc2)c2ccccc2)c2ccccc2S3)c2nc(-c3cn(C)c4c3[cH-]c[n+]4C)ccc21.[Ni]. The van der Waals surface area contributed by atoms with Gasteiger partial charge in [-0.25, -0.2) is 9.97 Å². The maximum atomic E-state index is 5.74. The van der Waals surface area contributed by atoms with Gasteiger partial charge in [0.15, 0.2) is 11.5 Å². The first-order valence-electron chi connectivity index (χ1n) is 17.6. The van der Waals surface area contributed by atoms with E-state index in [1.807, 2.05) is 11.8 Å². The molecule has 10 rings (SSSR count). The van der Waals surface area contributed by atoms with Crippen LogP contribution in [0.25, 0.3) is 22.3 Å². The third kappa shape index (κ3) is 5.37. The van der Waals surface area contributed by atoms with Gasteiger partial charge in [0.1, 0.15) is 14.6 Å². The predicted molar refractivity (Wildman–Crippen MR) is 214 cm³/mol. The molecule has 0 bridgehead atoms. The molecule has 0 N–H and O–H groups in total. The van der Waals surface area contributed by atoms with E-state index in [0.717, 1.165) is 45.6 Å². The number of benzene rings is 4. The molecule has 6 nitrogen and oxygen atoms in total. The smallest absolute Gasteiger partial charge is 0.178 e. The van der Waals surface area contributed by atoms with Crippen molar-refractivity contribution in [2.45, 2.75) is 15.3 Å². The summed E-state index contributed by atoms with van der Waals surface area (Å²) >= 11 is 1.83. The predicted octanol–water partition coefficient (Wildman–Crippen LogP) is 8.17. The summed E-state index contributed by atoms with van der Waals surface area (Å²) in [5, 5.41) is 3.94. The number of rotatable bonds is 5. The molecule has 1 atom stereocenters. The van der Waals surface area contributed by atoms with Gasteiger partial charge in [-0.3, -0.25) is 4.90 Å². The number of anilines is 5. The van der Waals surface area contributed by atoms with Crippen molar-refractivity contribution in [1.29, 1.82) is 0 Å². The van der Waals surface area contributed by atoms with Crippen LogP contribution in [0.2, 0.25) is 0 Å². The standard InChI is InChI=1S/C44H35N6SSi.Ni/c1-47-27-26-31-33(28-48(2)44(31)47)34-22-23-37-43(45-34)50(36-20-12-11-19-35(36)49(37)3)40-25-24-39-41(46-40)42(32-18-10-13-21-38(32)51-39)52(29-14-6-4-7-15-29)30-16-8-5-9-17-30;/h4-28,42H,1-3H3;. The largest absolute Gasteiger partial charge is 0.340 e. The molecule has 2 aliphatic heterocycles. The Morgan fingerprint density at radius 2 is 1.38 bits per heavy atom. The maximum absolute atomic E-state index is 5.74. The van der Waals surface area contributed by atoms with Crippen LogP contribution in [0.15, 0.2) is 162 Å². The minimum absolute atomic E-state index is 0. The van der Waals surface area contributed by atoms with Crippen molar-refractivity contribution < 1.29 is 21.1 Å². The second-order valence-corrected chi connectivity index (χ2v) is 17.2. The topological polar surface area (TPSA) is 41.1 Å². The van der Waals surface area contributed by atoms with Gasteiger partial charge in [0.2, 0.25) is 0 Å². The number of aryl methyl sites for hydroxylation is 2. The van der Waals surface area contributed by atoms with E-state index < -0.39 is 8.80 Å². The van der Waals surface area contributed by atoms with Crippen LogP contribution in [0.1, 0.15) is 16.8 Å². The van der Waals surface area contributed by atoms with Crippen molar-refractivity contribution in [3.63, 3.8) is 0 Å². The zero-order chi connectivity index (χ0) is 34.9. The molecule has 4 aromatic carbocycles. The van der Waals surface area contributed by atoms with Crippen molar-refractivity contribution in [3.8, 4) is 11.3 Å². The Morgan fingerprint density at radius 3 is 2.13 bits per heavy atom. The Kier molecular flexibility index (Phi) is 8.38. The zero-order valence-electron chi connectivity index (χ0n) is 29.4. The molecule has 2 aliphatic rings. The van der Waals surface area contributed by atoms with Crippen LogP contribution in [0.3, 0.4) is 0 Å². The zero-order valence-corrected chi connectivity index (χ0v) is 32.2. The summed E-state index contributed by atoms with van der Waals surface area (Å²) in [6.07, 6.45) is 4.31. The molecule has 6 heterocycles. The Bertz CT molecular complexity index is 2600. The van der Waals surface area contributed by atoms with Gasteiger partial charge in [0.05, 0.1) is 36.9 Å². The fraction of sp³-hybridized carbons (Fsp3) is 0.0909. The molecule has 0 saturated carbocycles. The summed E-state index contributed by atoms with van der Waals surface area (Å²) in [6.45, 7) is 0. The van der Waals surface area contributed by atoms with Gasteiger partial charge in [0, 0.05) is 57.0 Å². The number of fused-ring (bicyclic) bond motifs is 5. The molecule has 9 heteroatoms. The van der Waals surface area contributed by atoms with Crippen molar-refractivity contribution >= 4 is 70.7 Å². The fourth-order valence-corrected chi connectivity index (χ4v) is 12.6. The van der Waals surface area contributed by atoms with Crippen molar-refractivity contribution in [3.05, 3.63) is 163 Å². The van der Waals surface area contributed by atoms with Crippen molar-refractivity contribution in [2.75, 3.05) is 16.8 Å². The monoisotopic (exact) mass is 765 g/mol. The minimum Gasteiger partial charge on any atom is -0.340 e. The molecule has 0 amide bonds. The third-order valence-corrected chi connectivity index (χ3v) is 14.7. The second kappa shape index (κ2) is 13.3. The average molecular weight is 767 g/mol. The number of hydrogen-bond donors (Lipinski definition) is 0. The van der Waals surface area contributed by atoms with Crippen LogP contribution < -0.4 is 24.7 Å². The van der Waals surface area contributed by atoms with Gasteiger partial charge in [-0.05, 0) is 48.0 Å². The molecule has 261 valence electrons. The van der Waals surface area contributed by atoms with Crippen molar-refractivity contribution in [2.24, 2.45) is 14.1 Å².